The highest BCUT2D eigenvalue weighted by molar-refractivity contribution is 7.19. The number of fused-ring (bicyclic) bond motifs is 1. The number of aromatic hydroxyl groups is 2. The van der Waals surface area contributed by atoms with Crippen LogP contribution in [0, 0.1) is 5.41 Å². The van der Waals surface area contributed by atoms with Crippen molar-refractivity contribution < 1.29 is 15.3 Å². The molecule has 0 fully saturated rings. The molecule has 7 nitrogen and oxygen atoms in total. The van der Waals surface area contributed by atoms with E-state index in [9.17, 15) is 15.3 Å². The van der Waals surface area contributed by atoms with Crippen molar-refractivity contribution in [2.75, 3.05) is 6.54 Å². The Labute approximate surface area is 152 Å². The van der Waals surface area contributed by atoms with E-state index in [2.05, 4.69) is 10.1 Å². The highest BCUT2D eigenvalue weighted by Gasteiger charge is 2.30. The van der Waals surface area contributed by atoms with Crippen LogP contribution >= 0.6 is 11.3 Å². The summed E-state index contributed by atoms with van der Waals surface area (Å²) in [6.45, 7) is 0.0741. The first-order valence-electron chi connectivity index (χ1n) is 7.73. The van der Waals surface area contributed by atoms with Crippen molar-refractivity contribution in [1.29, 1.82) is 5.41 Å². The molecule has 4 N–H and O–H groups in total. The van der Waals surface area contributed by atoms with Gasteiger partial charge in [0, 0.05) is 0 Å². The van der Waals surface area contributed by atoms with Crippen LogP contribution in [0.1, 0.15) is 10.6 Å². The molecule has 0 radical (unpaired) electrons. The van der Waals surface area contributed by atoms with Gasteiger partial charge in [-0.1, -0.05) is 12.1 Å². The molecule has 1 aliphatic rings. The number of aromatic nitrogens is 1. The molecule has 3 aromatic rings. The lowest BCUT2D eigenvalue weighted by Crippen LogP contribution is -2.20. The second kappa shape index (κ2) is 6.16. The van der Waals surface area contributed by atoms with E-state index < -0.39 is 0 Å². The Morgan fingerprint density at radius 1 is 1.12 bits per heavy atom. The van der Waals surface area contributed by atoms with Gasteiger partial charge in [-0.2, -0.15) is 5.10 Å². The molecule has 8 heteroatoms. The molecule has 1 aliphatic heterocycles. The average Bonchev–Trinajstić information content (AvgIpc) is 3.16. The number of aliphatic hydroxyl groups excluding tert-OH is 1. The van der Waals surface area contributed by atoms with Gasteiger partial charge in [0.05, 0.1) is 22.0 Å². The third-order valence-electron chi connectivity index (χ3n) is 3.94. The summed E-state index contributed by atoms with van der Waals surface area (Å²) < 4.78 is 0.983. The summed E-state index contributed by atoms with van der Waals surface area (Å²) >= 11 is 1.41. The van der Waals surface area contributed by atoms with Gasteiger partial charge in [-0.3, -0.25) is 5.41 Å². The average molecular weight is 366 g/mol. The van der Waals surface area contributed by atoms with E-state index in [0.29, 0.717) is 16.1 Å². The van der Waals surface area contributed by atoms with E-state index in [-0.39, 0.29) is 29.6 Å². The quantitative estimate of drug-likeness (QED) is 0.420. The summed E-state index contributed by atoms with van der Waals surface area (Å²) in [5, 5.41) is 43.6. The maximum Gasteiger partial charge on any atom is 0.158 e. The van der Waals surface area contributed by atoms with Gasteiger partial charge >= 0.3 is 0 Å². The Balaban J connectivity index is 1.59. The van der Waals surface area contributed by atoms with E-state index in [1.807, 2.05) is 24.3 Å². The van der Waals surface area contributed by atoms with Crippen molar-refractivity contribution in [3.63, 3.8) is 0 Å². The molecule has 0 saturated carbocycles. The van der Waals surface area contributed by atoms with Crippen molar-refractivity contribution in [1.82, 2.24) is 9.99 Å². The second-order valence-corrected chi connectivity index (χ2v) is 6.74. The van der Waals surface area contributed by atoms with Crippen LogP contribution in [-0.4, -0.2) is 43.9 Å². The predicted molar refractivity (Wildman–Crippen MR) is 101 cm³/mol. The maximum atomic E-state index is 10.3. The minimum Gasteiger partial charge on any atom is -0.509 e. The topological polar surface area (TPSA) is 113 Å². The molecule has 26 heavy (non-hydrogen) atoms. The second-order valence-electron chi connectivity index (χ2n) is 5.71. The molecule has 0 amide bonds. The summed E-state index contributed by atoms with van der Waals surface area (Å²) in [4.78, 5) is 4.49. The first-order chi connectivity index (χ1) is 12.5. The minimum atomic E-state index is -0.249. The molecule has 2 heterocycles. The number of hydrogen-bond donors (Lipinski definition) is 4. The van der Waals surface area contributed by atoms with E-state index >= 15 is 0 Å². The number of phenolic OH excluding ortho intramolecular Hbond substituents is 2. The highest BCUT2D eigenvalue weighted by atomic mass is 32.1. The zero-order valence-corrected chi connectivity index (χ0v) is 14.2. The maximum absolute atomic E-state index is 10.3. The first-order valence-corrected chi connectivity index (χ1v) is 8.55. The van der Waals surface area contributed by atoms with Gasteiger partial charge in [0.15, 0.2) is 17.3 Å². The lowest BCUT2D eigenvalue weighted by Gasteiger charge is -2.11. The third-order valence-corrected chi connectivity index (χ3v) is 4.99. The van der Waals surface area contributed by atoms with Crippen LogP contribution in [0.3, 0.4) is 0 Å². The summed E-state index contributed by atoms with van der Waals surface area (Å²) in [6, 6.07) is 11.9. The molecular formula is C18H14N4O3S. The molecule has 0 atom stereocenters. The van der Waals surface area contributed by atoms with E-state index in [1.54, 1.807) is 6.07 Å². The zero-order chi connectivity index (χ0) is 18.3. The van der Waals surface area contributed by atoms with Gasteiger partial charge in [0.2, 0.25) is 0 Å². The zero-order valence-electron chi connectivity index (χ0n) is 13.4. The molecule has 0 aliphatic carbocycles. The standard InChI is InChI=1S/C18H14N4O3S/c19-17-16(18-21-11-3-1-2-4-15(11)26-18)14(25)9-22(17)20-8-10-5-6-12(23)13(24)7-10/h1-8,19,23-25H,9H2/b19-17?,20-8-. The number of hydrazone groups is 1. The van der Waals surface area contributed by atoms with E-state index in [1.165, 1.54) is 34.7 Å². The van der Waals surface area contributed by atoms with Crippen LogP contribution < -0.4 is 0 Å². The molecule has 130 valence electrons. The van der Waals surface area contributed by atoms with Crippen molar-refractivity contribution in [3.05, 3.63) is 58.8 Å². The Hall–Kier alpha value is -3.39. The van der Waals surface area contributed by atoms with Crippen molar-refractivity contribution in [3.8, 4) is 11.5 Å². The molecule has 0 saturated heterocycles. The van der Waals surface area contributed by atoms with Crippen molar-refractivity contribution >= 4 is 39.2 Å². The number of para-hydroxylation sites is 1. The Morgan fingerprint density at radius 3 is 2.69 bits per heavy atom. The fourth-order valence-electron chi connectivity index (χ4n) is 2.63. The number of thiazole rings is 1. The predicted octanol–water partition coefficient (Wildman–Crippen LogP) is 3.30. The fourth-order valence-corrected chi connectivity index (χ4v) is 3.66. The molecule has 0 bridgehead atoms. The smallest absolute Gasteiger partial charge is 0.158 e. The first kappa shape index (κ1) is 16.1. The normalized spacial score (nSPS) is 14.9. The van der Waals surface area contributed by atoms with Gasteiger partial charge in [-0.25, -0.2) is 9.99 Å². The van der Waals surface area contributed by atoms with Crippen LogP contribution in [0.4, 0.5) is 0 Å². The number of hydrogen-bond acceptors (Lipinski definition) is 7. The van der Waals surface area contributed by atoms with Gasteiger partial charge < -0.3 is 15.3 Å². The van der Waals surface area contributed by atoms with Gasteiger partial charge in [0.25, 0.3) is 0 Å². The van der Waals surface area contributed by atoms with Crippen LogP contribution in [0.25, 0.3) is 15.8 Å². The molecule has 2 aromatic carbocycles. The summed E-state index contributed by atoms with van der Waals surface area (Å²) in [7, 11) is 0. The number of aliphatic hydroxyl groups is 1. The number of nitrogens with one attached hydrogen (secondary N) is 1. The largest absolute Gasteiger partial charge is 0.509 e. The number of nitrogens with zero attached hydrogens (tertiary/aromatic N) is 3. The number of rotatable bonds is 3. The van der Waals surface area contributed by atoms with Crippen LogP contribution in [0.2, 0.25) is 0 Å². The Bertz CT molecular complexity index is 1050. The monoisotopic (exact) mass is 366 g/mol. The third kappa shape index (κ3) is 2.76. The fraction of sp³-hybridized carbons (Fsp3) is 0.0556. The number of phenols is 2. The lowest BCUT2D eigenvalue weighted by molar-refractivity contribution is 0.358. The Morgan fingerprint density at radius 2 is 1.92 bits per heavy atom. The van der Waals surface area contributed by atoms with Crippen molar-refractivity contribution in [2.45, 2.75) is 0 Å². The van der Waals surface area contributed by atoms with Crippen LogP contribution in [0.5, 0.6) is 11.5 Å². The number of amidine groups is 1. The molecular weight excluding hydrogens is 352 g/mol. The SMILES string of the molecule is N=C1C(c2nc3ccccc3s2)=C(O)CN1/N=C\c1ccc(O)c(O)c1. The van der Waals surface area contributed by atoms with Gasteiger partial charge in [0.1, 0.15) is 17.3 Å². The summed E-state index contributed by atoms with van der Waals surface area (Å²) in [6.07, 6.45) is 1.45. The molecule has 1 aromatic heterocycles. The van der Waals surface area contributed by atoms with Gasteiger partial charge in [-0.15, -0.1) is 11.3 Å². The van der Waals surface area contributed by atoms with E-state index in [4.69, 9.17) is 5.41 Å². The van der Waals surface area contributed by atoms with Crippen LogP contribution in [0.15, 0.2) is 53.3 Å². The van der Waals surface area contributed by atoms with Crippen molar-refractivity contribution in [2.24, 2.45) is 5.10 Å². The van der Waals surface area contributed by atoms with Crippen LogP contribution in [-0.2, 0) is 0 Å². The summed E-state index contributed by atoms with van der Waals surface area (Å²) in [5.74, 6) is -0.365. The molecule has 0 spiro atoms. The summed E-state index contributed by atoms with van der Waals surface area (Å²) in [5.41, 5.74) is 1.75. The highest BCUT2D eigenvalue weighted by Crippen LogP contribution is 2.33. The Kier molecular flexibility index (Phi) is 3.81. The van der Waals surface area contributed by atoms with Gasteiger partial charge in [-0.05, 0) is 35.9 Å². The minimum absolute atomic E-state index is 0.0414. The lowest BCUT2D eigenvalue weighted by atomic mass is 10.2. The number of benzene rings is 2. The molecule has 0 unspecified atom stereocenters. The molecule has 4 rings (SSSR count). The van der Waals surface area contributed by atoms with E-state index in [0.717, 1.165) is 10.2 Å².